The maximum atomic E-state index is 12.7. The van der Waals surface area contributed by atoms with Crippen molar-refractivity contribution in [3.63, 3.8) is 0 Å². The average Bonchev–Trinajstić information content (AvgIpc) is 2.90. The van der Waals surface area contributed by atoms with Gasteiger partial charge in [-0.15, -0.1) is 0 Å². The van der Waals surface area contributed by atoms with E-state index in [1.54, 1.807) is 7.11 Å². The molecule has 6 nitrogen and oxygen atoms in total. The number of hydrogen-bond donors (Lipinski definition) is 1. The number of carbonyl (C=O) groups excluding carboxylic acids is 1. The fourth-order valence-electron chi connectivity index (χ4n) is 3.07. The number of carbonyl (C=O) groups is 1. The number of hydrogen-bond acceptors (Lipinski definition) is 4. The Morgan fingerprint density at radius 1 is 1.23 bits per heavy atom. The van der Waals surface area contributed by atoms with Gasteiger partial charge >= 0.3 is 0 Å². The van der Waals surface area contributed by atoms with Gasteiger partial charge in [0.25, 0.3) is 5.91 Å². The lowest BCUT2D eigenvalue weighted by atomic mass is 10.1. The highest BCUT2D eigenvalue weighted by molar-refractivity contribution is 5.98. The van der Waals surface area contributed by atoms with Gasteiger partial charge in [-0.1, -0.05) is 0 Å². The molecule has 6 heteroatoms. The lowest BCUT2D eigenvalue weighted by Crippen LogP contribution is -2.36. The molecule has 0 aliphatic rings. The first-order valence-corrected chi connectivity index (χ1v) is 8.64. The Morgan fingerprint density at radius 2 is 2.00 bits per heavy atom. The Balaban J connectivity index is 1.80. The summed E-state index contributed by atoms with van der Waals surface area (Å²) in [5.74, 6) is 0.612. The molecule has 0 unspecified atom stereocenters. The summed E-state index contributed by atoms with van der Waals surface area (Å²) in [5, 5.41) is 8.37. The standard InChI is InChI=1S/C20H24N4O2/c1-12-8-14(3)24(23-12)11-13(2)21-20(25)18-10-16-9-17(26-5)6-7-19(16)22-15(18)4/h6-10,13H,11H2,1-5H3,(H,21,25)/t13-/m1/s1. The number of amides is 1. The van der Waals surface area contributed by atoms with Gasteiger partial charge in [0.05, 0.1) is 36.1 Å². The van der Waals surface area contributed by atoms with E-state index in [-0.39, 0.29) is 11.9 Å². The summed E-state index contributed by atoms with van der Waals surface area (Å²) in [7, 11) is 1.62. The van der Waals surface area contributed by atoms with E-state index >= 15 is 0 Å². The second kappa shape index (κ2) is 7.15. The molecule has 2 heterocycles. The van der Waals surface area contributed by atoms with E-state index in [0.29, 0.717) is 17.8 Å². The molecule has 3 aromatic rings. The summed E-state index contributed by atoms with van der Waals surface area (Å²) >= 11 is 0. The Kier molecular flexibility index (Phi) is 4.93. The molecule has 26 heavy (non-hydrogen) atoms. The van der Waals surface area contributed by atoms with Crippen molar-refractivity contribution in [1.82, 2.24) is 20.1 Å². The van der Waals surface area contributed by atoms with Crippen LogP contribution in [0.3, 0.4) is 0 Å². The van der Waals surface area contributed by atoms with Crippen LogP contribution in [0.15, 0.2) is 30.3 Å². The average molecular weight is 352 g/mol. The normalized spacial score (nSPS) is 12.2. The van der Waals surface area contributed by atoms with Gasteiger partial charge in [0.2, 0.25) is 0 Å². The zero-order valence-corrected chi connectivity index (χ0v) is 15.8. The lowest BCUT2D eigenvalue weighted by Gasteiger charge is -2.16. The molecule has 0 aliphatic heterocycles. The predicted molar refractivity (Wildman–Crippen MR) is 102 cm³/mol. The zero-order chi connectivity index (χ0) is 18.8. The molecular formula is C20H24N4O2. The Morgan fingerprint density at radius 3 is 2.65 bits per heavy atom. The van der Waals surface area contributed by atoms with Gasteiger partial charge in [0, 0.05) is 17.1 Å². The molecule has 0 aliphatic carbocycles. The summed E-state index contributed by atoms with van der Waals surface area (Å²) in [6.45, 7) is 8.43. The van der Waals surface area contributed by atoms with Gasteiger partial charge < -0.3 is 10.1 Å². The number of ether oxygens (including phenoxy) is 1. The van der Waals surface area contributed by atoms with Crippen LogP contribution in [0.5, 0.6) is 5.75 Å². The van der Waals surface area contributed by atoms with Gasteiger partial charge in [-0.05, 0) is 58.0 Å². The van der Waals surface area contributed by atoms with Crippen molar-refractivity contribution in [3.8, 4) is 5.75 Å². The van der Waals surface area contributed by atoms with E-state index in [1.165, 1.54) is 0 Å². The first-order chi connectivity index (χ1) is 12.4. The number of nitrogens with zero attached hydrogens (tertiary/aromatic N) is 3. The molecule has 0 spiro atoms. The van der Waals surface area contributed by atoms with Crippen molar-refractivity contribution < 1.29 is 9.53 Å². The Labute approximate surface area is 153 Å². The molecule has 0 bridgehead atoms. The Hall–Kier alpha value is -2.89. The largest absolute Gasteiger partial charge is 0.497 e. The SMILES string of the molecule is COc1ccc2nc(C)c(C(=O)N[C@H](C)Cn3nc(C)cc3C)cc2c1. The van der Waals surface area contributed by atoms with E-state index in [4.69, 9.17) is 4.74 Å². The molecule has 2 aromatic heterocycles. The number of benzene rings is 1. The van der Waals surface area contributed by atoms with Crippen LogP contribution in [0.25, 0.3) is 10.9 Å². The molecule has 3 rings (SSSR count). The minimum atomic E-state index is -0.131. The number of nitrogens with one attached hydrogen (secondary N) is 1. The lowest BCUT2D eigenvalue weighted by molar-refractivity contribution is 0.0935. The molecule has 1 amide bonds. The van der Waals surface area contributed by atoms with E-state index in [0.717, 1.165) is 28.0 Å². The van der Waals surface area contributed by atoms with Crippen molar-refractivity contribution in [1.29, 1.82) is 0 Å². The van der Waals surface area contributed by atoms with Crippen molar-refractivity contribution >= 4 is 16.8 Å². The summed E-state index contributed by atoms with van der Waals surface area (Å²) in [5.41, 5.74) is 4.18. The summed E-state index contributed by atoms with van der Waals surface area (Å²) in [4.78, 5) is 17.3. The van der Waals surface area contributed by atoms with E-state index in [9.17, 15) is 4.79 Å². The maximum Gasteiger partial charge on any atom is 0.253 e. The molecule has 1 aromatic carbocycles. The molecule has 0 fully saturated rings. The summed E-state index contributed by atoms with van der Waals surface area (Å²) in [6, 6.07) is 9.49. The number of methoxy groups -OCH3 is 1. The van der Waals surface area contributed by atoms with Crippen molar-refractivity contribution in [2.45, 2.75) is 40.3 Å². The van der Waals surface area contributed by atoms with Gasteiger partial charge in [0.15, 0.2) is 0 Å². The van der Waals surface area contributed by atoms with Crippen molar-refractivity contribution in [2.75, 3.05) is 7.11 Å². The van der Waals surface area contributed by atoms with E-state index < -0.39 is 0 Å². The second-order valence-corrected chi connectivity index (χ2v) is 6.66. The van der Waals surface area contributed by atoms with Crippen LogP contribution in [0, 0.1) is 20.8 Å². The quantitative estimate of drug-likeness (QED) is 0.766. The molecule has 0 radical (unpaired) electrons. The number of fused-ring (bicyclic) bond motifs is 1. The molecular weight excluding hydrogens is 328 g/mol. The smallest absolute Gasteiger partial charge is 0.253 e. The van der Waals surface area contributed by atoms with Crippen molar-refractivity contribution in [2.24, 2.45) is 0 Å². The summed E-state index contributed by atoms with van der Waals surface area (Å²) in [6.07, 6.45) is 0. The van der Waals surface area contributed by atoms with Gasteiger partial charge in [-0.25, -0.2) is 0 Å². The third-order valence-corrected chi connectivity index (χ3v) is 4.38. The number of aryl methyl sites for hydroxylation is 3. The third-order valence-electron chi connectivity index (χ3n) is 4.38. The maximum absolute atomic E-state index is 12.7. The van der Waals surface area contributed by atoms with Crippen LogP contribution in [0.4, 0.5) is 0 Å². The van der Waals surface area contributed by atoms with Crippen LogP contribution in [-0.4, -0.2) is 33.8 Å². The number of pyridine rings is 1. The first kappa shape index (κ1) is 17.9. The highest BCUT2D eigenvalue weighted by atomic mass is 16.5. The topological polar surface area (TPSA) is 69.0 Å². The fraction of sp³-hybridized carbons (Fsp3) is 0.350. The van der Waals surface area contributed by atoms with Crippen molar-refractivity contribution in [3.05, 3.63) is 53.0 Å². The van der Waals surface area contributed by atoms with Gasteiger partial charge in [0.1, 0.15) is 5.75 Å². The van der Waals surface area contributed by atoms with E-state index in [2.05, 4.69) is 15.4 Å². The molecule has 0 saturated heterocycles. The molecule has 1 atom stereocenters. The second-order valence-electron chi connectivity index (χ2n) is 6.66. The molecule has 0 saturated carbocycles. The monoisotopic (exact) mass is 352 g/mol. The highest BCUT2D eigenvalue weighted by Crippen LogP contribution is 2.22. The first-order valence-electron chi connectivity index (χ1n) is 8.64. The highest BCUT2D eigenvalue weighted by Gasteiger charge is 2.15. The Bertz CT molecular complexity index is 962. The van der Waals surface area contributed by atoms with Crippen LogP contribution < -0.4 is 10.1 Å². The number of rotatable bonds is 5. The minimum Gasteiger partial charge on any atom is -0.497 e. The molecule has 1 N–H and O–H groups in total. The summed E-state index contributed by atoms with van der Waals surface area (Å²) < 4.78 is 7.17. The molecule has 136 valence electrons. The minimum absolute atomic E-state index is 0.0547. The van der Waals surface area contributed by atoms with Gasteiger partial charge in [-0.2, -0.15) is 5.10 Å². The van der Waals surface area contributed by atoms with Crippen LogP contribution >= 0.6 is 0 Å². The third kappa shape index (κ3) is 3.69. The van der Waals surface area contributed by atoms with Crippen LogP contribution in [-0.2, 0) is 6.54 Å². The van der Waals surface area contributed by atoms with E-state index in [1.807, 2.05) is 62.7 Å². The van der Waals surface area contributed by atoms with Gasteiger partial charge in [-0.3, -0.25) is 14.5 Å². The predicted octanol–water partition coefficient (Wildman–Crippen LogP) is 3.18. The fourth-order valence-corrected chi connectivity index (χ4v) is 3.07. The zero-order valence-electron chi connectivity index (χ0n) is 15.8. The van der Waals surface area contributed by atoms with Crippen LogP contribution in [0.2, 0.25) is 0 Å². The van der Waals surface area contributed by atoms with Crippen LogP contribution in [0.1, 0.15) is 34.4 Å². The number of aromatic nitrogens is 3.